The predicted molar refractivity (Wildman–Crippen MR) is 36.5 cm³/mol. The van der Waals surface area contributed by atoms with Gasteiger partial charge in [0.1, 0.15) is 0 Å². The zero-order valence-corrected chi connectivity index (χ0v) is 6.33. The first-order chi connectivity index (χ1) is 4.47. The molecule has 2 aromatic heterocycles. The van der Waals surface area contributed by atoms with Gasteiger partial charge in [-0.05, 0) is 0 Å². The minimum atomic E-state index is 0.399. The molecule has 0 bridgehead atoms. The van der Waals surface area contributed by atoms with Crippen LogP contribution in [0.15, 0.2) is 23.4 Å². The third kappa shape index (κ3) is 0.784. The van der Waals surface area contributed by atoms with Crippen molar-refractivity contribution in [3.8, 4) is 0 Å². The molecule has 0 aliphatic heterocycles. The van der Waals surface area contributed by atoms with Crippen molar-refractivity contribution in [3.63, 3.8) is 0 Å². The van der Waals surface area contributed by atoms with E-state index >= 15 is 0 Å². The third-order valence-electron chi connectivity index (χ3n) is 1.11. The van der Waals surface area contributed by atoms with Gasteiger partial charge in [-0.3, -0.25) is 0 Å². The summed E-state index contributed by atoms with van der Waals surface area (Å²) in [5.74, 6) is 0. The molecule has 44 valence electrons. The number of pyridine rings is 1. The number of hydrogen-bond acceptors (Lipinski definition) is 2. The first kappa shape index (κ1) is 5.15. The quantitative estimate of drug-likeness (QED) is 0.561. The van der Waals surface area contributed by atoms with Crippen LogP contribution in [0, 0.1) is 0 Å². The summed E-state index contributed by atoms with van der Waals surface area (Å²) in [6.07, 6.45) is 1.81. The number of aromatic nitrogens is 2. The molecule has 3 heteroatoms. The van der Waals surface area contributed by atoms with E-state index in [0.717, 1.165) is 9.91 Å². The summed E-state index contributed by atoms with van der Waals surface area (Å²) in [4.78, 5) is 8.30. The molecule has 0 unspecified atom stereocenters. The first-order valence-corrected chi connectivity index (χ1v) is 4.45. The average molecular weight is 183 g/mol. The van der Waals surface area contributed by atoms with Crippen LogP contribution in [0.25, 0.3) is 9.91 Å². The van der Waals surface area contributed by atoms with Crippen molar-refractivity contribution < 1.29 is 0 Å². The van der Waals surface area contributed by atoms with Crippen LogP contribution < -0.4 is 0 Å². The van der Waals surface area contributed by atoms with E-state index in [-0.39, 0.29) is 0 Å². The van der Waals surface area contributed by atoms with Gasteiger partial charge in [-0.25, -0.2) is 0 Å². The summed E-state index contributed by atoms with van der Waals surface area (Å²) in [5.41, 5.74) is 1.05. The normalized spacial score (nSPS) is 10.2. The summed E-state index contributed by atoms with van der Waals surface area (Å²) in [6, 6.07) is 3.91. The monoisotopic (exact) mass is 184 g/mol. The van der Waals surface area contributed by atoms with Crippen LogP contribution in [0.3, 0.4) is 0 Å². The molecule has 0 saturated heterocycles. The molecular weight excluding hydrogens is 179 g/mol. The Morgan fingerprint density at radius 2 is 2.33 bits per heavy atom. The van der Waals surface area contributed by atoms with Gasteiger partial charge in [0.05, 0.1) is 0 Å². The summed E-state index contributed by atoms with van der Waals surface area (Å²) in [6.45, 7) is 0. The van der Waals surface area contributed by atoms with E-state index in [1.807, 2.05) is 23.4 Å². The molecule has 0 spiro atoms. The maximum absolute atomic E-state index is 4.16. The van der Waals surface area contributed by atoms with Gasteiger partial charge in [-0.15, -0.1) is 0 Å². The van der Waals surface area contributed by atoms with E-state index in [1.54, 1.807) is 0 Å². The van der Waals surface area contributed by atoms with E-state index in [1.165, 1.54) is 0 Å². The second-order valence-corrected chi connectivity index (χ2v) is 3.43. The summed E-state index contributed by atoms with van der Waals surface area (Å²) >= 11 is 0.399. The maximum atomic E-state index is 4.16. The molecule has 0 N–H and O–H groups in total. The molecule has 0 aliphatic rings. The van der Waals surface area contributed by atoms with Gasteiger partial charge in [0.15, 0.2) is 0 Å². The molecule has 0 aliphatic carbocycles. The average Bonchev–Trinajstić information content (AvgIpc) is 2.33. The fourth-order valence-electron chi connectivity index (χ4n) is 0.704. The van der Waals surface area contributed by atoms with Crippen molar-refractivity contribution in [2.24, 2.45) is 0 Å². The van der Waals surface area contributed by atoms with E-state index in [2.05, 4.69) is 9.97 Å². The van der Waals surface area contributed by atoms with Crippen LogP contribution >= 0.6 is 0 Å². The molecule has 0 radical (unpaired) electrons. The van der Waals surface area contributed by atoms with Crippen LogP contribution in [0.2, 0.25) is 0 Å². The Morgan fingerprint density at radius 1 is 1.33 bits per heavy atom. The van der Waals surface area contributed by atoms with Gasteiger partial charge in [-0.1, -0.05) is 0 Å². The number of nitrogens with zero attached hydrogens (tertiary/aromatic N) is 2. The van der Waals surface area contributed by atoms with Crippen molar-refractivity contribution in [3.05, 3.63) is 23.4 Å². The molecule has 0 fully saturated rings. The van der Waals surface area contributed by atoms with Crippen LogP contribution in [0.1, 0.15) is 0 Å². The summed E-state index contributed by atoms with van der Waals surface area (Å²) in [5, 5.41) is 1.95. The van der Waals surface area contributed by atoms with Crippen molar-refractivity contribution >= 4 is 24.4 Å². The molecule has 0 amide bonds. The zero-order chi connectivity index (χ0) is 6.10. The topological polar surface area (TPSA) is 25.8 Å². The second-order valence-electron chi connectivity index (χ2n) is 1.68. The van der Waals surface area contributed by atoms with E-state index in [9.17, 15) is 0 Å². The molecular formula is C6H4N2Se. The Bertz CT molecular complexity index is 285. The van der Waals surface area contributed by atoms with E-state index in [0.29, 0.717) is 14.5 Å². The molecule has 9 heavy (non-hydrogen) atoms. The Hall–Kier alpha value is -0.661. The van der Waals surface area contributed by atoms with Gasteiger partial charge >= 0.3 is 57.8 Å². The summed E-state index contributed by atoms with van der Waals surface area (Å²) in [7, 11) is 0. The van der Waals surface area contributed by atoms with Crippen molar-refractivity contribution in [2.45, 2.75) is 0 Å². The molecule has 0 saturated carbocycles. The standard InChI is InChI=1S/C6H4N2Se/c1-2-5-6(7-3-1)9-4-8-5/h1-4H. The van der Waals surface area contributed by atoms with Gasteiger partial charge in [-0.2, -0.15) is 0 Å². The Kier molecular flexibility index (Phi) is 1.11. The molecule has 2 rings (SSSR count). The predicted octanol–water partition coefficient (Wildman–Crippen LogP) is 0.687. The van der Waals surface area contributed by atoms with E-state index < -0.39 is 0 Å². The Balaban J connectivity index is 2.95. The first-order valence-electron chi connectivity index (χ1n) is 2.61. The fourth-order valence-corrected chi connectivity index (χ4v) is 2.02. The molecule has 2 nitrogen and oxygen atoms in total. The van der Waals surface area contributed by atoms with Crippen LogP contribution in [0.5, 0.6) is 0 Å². The van der Waals surface area contributed by atoms with Crippen LogP contribution in [0.4, 0.5) is 0 Å². The molecule has 0 atom stereocenters. The third-order valence-corrected chi connectivity index (χ3v) is 2.68. The Morgan fingerprint density at radius 3 is 3.22 bits per heavy atom. The fraction of sp³-hybridized carbons (Fsp3) is 0. The van der Waals surface area contributed by atoms with Gasteiger partial charge < -0.3 is 0 Å². The SMILES string of the molecule is c1cnc2[se]cnc2c1. The van der Waals surface area contributed by atoms with Crippen LogP contribution in [-0.2, 0) is 0 Å². The molecule has 2 heterocycles. The number of hydrogen-bond donors (Lipinski definition) is 0. The van der Waals surface area contributed by atoms with Crippen molar-refractivity contribution in [1.82, 2.24) is 9.97 Å². The zero-order valence-electron chi connectivity index (χ0n) is 4.61. The number of fused-ring (bicyclic) bond motifs is 1. The van der Waals surface area contributed by atoms with Crippen molar-refractivity contribution in [1.29, 1.82) is 0 Å². The van der Waals surface area contributed by atoms with Crippen LogP contribution in [-0.4, -0.2) is 24.5 Å². The Labute approximate surface area is 58.3 Å². The van der Waals surface area contributed by atoms with Crippen molar-refractivity contribution in [2.75, 3.05) is 0 Å². The molecule has 0 aromatic carbocycles. The summed E-state index contributed by atoms with van der Waals surface area (Å²) < 4.78 is 1.16. The molecule has 2 aromatic rings. The minimum absolute atomic E-state index is 0.399. The van der Waals surface area contributed by atoms with Gasteiger partial charge in [0.2, 0.25) is 0 Å². The van der Waals surface area contributed by atoms with Gasteiger partial charge in [0, 0.05) is 0 Å². The van der Waals surface area contributed by atoms with Gasteiger partial charge in [0.25, 0.3) is 0 Å². The second kappa shape index (κ2) is 1.94. The number of rotatable bonds is 0. The van der Waals surface area contributed by atoms with E-state index in [4.69, 9.17) is 0 Å².